The van der Waals surface area contributed by atoms with E-state index in [1.54, 1.807) is 83.1 Å². The summed E-state index contributed by atoms with van der Waals surface area (Å²) in [6.07, 6.45) is 0.279. The summed E-state index contributed by atoms with van der Waals surface area (Å²) in [5, 5.41) is 9.81. The average molecular weight is 991 g/mol. The van der Waals surface area contributed by atoms with Gasteiger partial charge in [0.25, 0.3) is 0 Å². The lowest BCUT2D eigenvalue weighted by Gasteiger charge is -2.48. The largest absolute Gasteiger partial charge is 0.485 e. The van der Waals surface area contributed by atoms with Crippen molar-refractivity contribution in [1.82, 2.24) is 14.7 Å². The second-order valence-corrected chi connectivity index (χ2v) is 21.9. The molecule has 6 aliphatic rings. The summed E-state index contributed by atoms with van der Waals surface area (Å²) >= 11 is 0. The van der Waals surface area contributed by atoms with Gasteiger partial charge in [0.05, 0.1) is 69.3 Å². The third-order valence-corrected chi connectivity index (χ3v) is 15.7. The maximum atomic E-state index is 15.5. The van der Waals surface area contributed by atoms with Gasteiger partial charge in [-0.15, -0.1) is 0 Å². The molecule has 7 unspecified atom stereocenters. The average Bonchev–Trinajstić information content (AvgIpc) is 4.09. The molecule has 0 aromatic heterocycles. The summed E-state index contributed by atoms with van der Waals surface area (Å²) in [4.78, 5) is 52.8. The predicted octanol–water partition coefficient (Wildman–Crippen LogP) is 8.86. The minimum absolute atomic E-state index is 0.0451. The number of rotatable bonds is 15. The zero-order valence-electron chi connectivity index (χ0n) is 40.9. The van der Waals surface area contributed by atoms with Crippen LogP contribution in [-0.2, 0) is 42.0 Å². The van der Waals surface area contributed by atoms with Gasteiger partial charge < -0.3 is 38.4 Å². The number of hydrogen-bond donors (Lipinski definition) is 0. The molecule has 9 rings (SSSR count). The monoisotopic (exact) mass is 990 g/mol. The van der Waals surface area contributed by atoms with E-state index in [4.69, 9.17) is 50.4 Å². The molecule has 6 heterocycles. The zero-order valence-corrected chi connectivity index (χ0v) is 41.8. The number of phosphoric acid groups is 1. The van der Waals surface area contributed by atoms with E-state index >= 15 is 4.57 Å². The van der Waals surface area contributed by atoms with E-state index in [0.29, 0.717) is 109 Å². The van der Waals surface area contributed by atoms with Gasteiger partial charge in [-0.1, -0.05) is 12.1 Å². The van der Waals surface area contributed by atoms with Crippen molar-refractivity contribution in [2.75, 3.05) is 46.1 Å². The topological polar surface area (TPSA) is 184 Å². The van der Waals surface area contributed by atoms with Gasteiger partial charge in [-0.25, -0.2) is 14.3 Å². The molecule has 3 fully saturated rings. The van der Waals surface area contributed by atoms with Crippen molar-refractivity contribution in [2.24, 2.45) is 0 Å². The van der Waals surface area contributed by atoms with Crippen LogP contribution in [0.15, 0.2) is 54.6 Å². The van der Waals surface area contributed by atoms with Crippen LogP contribution in [0.1, 0.15) is 120 Å². The lowest BCUT2D eigenvalue weighted by Crippen LogP contribution is -2.55. The Morgan fingerprint density at radius 1 is 0.606 bits per heavy atom. The van der Waals surface area contributed by atoms with Crippen LogP contribution in [-0.4, -0.2) is 114 Å². The van der Waals surface area contributed by atoms with Crippen molar-refractivity contribution in [3.05, 3.63) is 99.7 Å². The lowest BCUT2D eigenvalue weighted by atomic mass is 9.84. The fraction of sp³-hybridized carbons (Fsp3) is 0.538. The van der Waals surface area contributed by atoms with E-state index in [-0.39, 0.29) is 44.1 Å². The molecule has 7 atom stereocenters. The molecule has 0 radical (unpaired) electrons. The molecule has 0 spiro atoms. The quantitative estimate of drug-likeness (QED) is 0.0800. The molecule has 18 nitrogen and oxygen atoms in total. The summed E-state index contributed by atoms with van der Waals surface area (Å²) in [7, 11) is -4.72. The van der Waals surface area contributed by atoms with E-state index in [2.05, 4.69) is 15.8 Å². The SMILES string of the molecule is [C-]#[N+]c1ccc2c(c1)C(N1CCCC1=O)C(OCCOP(=O)(OCCOC1C(N3CCCC3=O)c3cc(C#N)ccc3OC1(C)C)OC1C(N3CCCC3=O)c3cc([N+]#[C-])ccc3OC1(C)C)C(C)(C)O2. The number of nitrogens with zero attached hydrogens (tertiary/aromatic N) is 6. The smallest absolute Gasteiger partial charge is 0.475 e. The van der Waals surface area contributed by atoms with Crippen LogP contribution in [0.3, 0.4) is 0 Å². The molecule has 6 aliphatic heterocycles. The lowest BCUT2D eigenvalue weighted by molar-refractivity contribution is -0.152. The van der Waals surface area contributed by atoms with Crippen LogP contribution in [0.5, 0.6) is 17.2 Å². The zero-order chi connectivity index (χ0) is 50.5. The normalized spacial score (nSPS) is 26.7. The maximum absolute atomic E-state index is 15.5. The number of benzene rings is 3. The Bertz CT molecular complexity index is 2650. The molecule has 71 heavy (non-hydrogen) atoms. The molecule has 0 saturated carbocycles. The van der Waals surface area contributed by atoms with Gasteiger partial charge in [0, 0.05) is 55.6 Å². The van der Waals surface area contributed by atoms with Crippen molar-refractivity contribution in [3.8, 4) is 23.3 Å². The molecular weight excluding hydrogens is 932 g/mol. The van der Waals surface area contributed by atoms with Crippen LogP contribution in [0.2, 0.25) is 0 Å². The van der Waals surface area contributed by atoms with E-state index in [9.17, 15) is 19.6 Å². The Morgan fingerprint density at radius 3 is 1.37 bits per heavy atom. The molecule has 3 aromatic carbocycles. The highest BCUT2D eigenvalue weighted by atomic mass is 31.2. The van der Waals surface area contributed by atoms with Gasteiger partial charge in [0.1, 0.15) is 52.4 Å². The van der Waals surface area contributed by atoms with Gasteiger partial charge in [-0.3, -0.25) is 28.0 Å². The second-order valence-electron chi connectivity index (χ2n) is 20.3. The third-order valence-electron chi connectivity index (χ3n) is 14.2. The highest BCUT2D eigenvalue weighted by Crippen LogP contribution is 2.57. The Kier molecular flexibility index (Phi) is 13.7. The van der Waals surface area contributed by atoms with Gasteiger partial charge in [-0.2, -0.15) is 5.26 Å². The summed E-state index contributed by atoms with van der Waals surface area (Å²) in [6.45, 7) is 26.8. The van der Waals surface area contributed by atoms with Gasteiger partial charge in [0.15, 0.2) is 11.4 Å². The predicted molar refractivity (Wildman–Crippen MR) is 256 cm³/mol. The first-order valence-corrected chi connectivity index (χ1v) is 25.7. The van der Waals surface area contributed by atoms with Crippen LogP contribution in [0.25, 0.3) is 9.69 Å². The Balaban J connectivity index is 1.00. The fourth-order valence-corrected chi connectivity index (χ4v) is 12.4. The first-order valence-electron chi connectivity index (χ1n) is 24.2. The number of nitriles is 1. The standard InChI is InChI=1S/C52H59N6O12P/c1-50(2)47(44(56-21-9-12-41(56)59)35-28-32(31-53)15-18-38(35)67-50)63-24-26-65-71(62,70-49-46(58-23-11-14-43(58)61)37-30-34(55-8)17-20-40(37)69-52(49,5)6)66-27-25-64-48-45(57-22-10-13-42(57)60)36-29-33(54-7)16-19-39(36)68-51(48,3)4/h15-20,28-30,44-49H,9-14,21-27H2,1-6H3. The summed E-state index contributed by atoms with van der Waals surface area (Å²) in [5.41, 5.74) is -0.275. The van der Waals surface area contributed by atoms with Crippen molar-refractivity contribution in [3.63, 3.8) is 0 Å². The molecule has 374 valence electrons. The highest BCUT2D eigenvalue weighted by Gasteiger charge is 2.54. The first kappa shape index (κ1) is 49.9. The second kappa shape index (κ2) is 19.5. The van der Waals surface area contributed by atoms with Crippen molar-refractivity contribution < 1.29 is 56.2 Å². The first-order chi connectivity index (χ1) is 33.9. The van der Waals surface area contributed by atoms with Gasteiger partial charge >= 0.3 is 7.82 Å². The molecule has 3 aromatic rings. The van der Waals surface area contributed by atoms with Crippen LogP contribution >= 0.6 is 7.82 Å². The minimum Gasteiger partial charge on any atom is -0.485 e. The van der Waals surface area contributed by atoms with Gasteiger partial charge in [0.2, 0.25) is 17.7 Å². The van der Waals surface area contributed by atoms with Crippen molar-refractivity contribution in [2.45, 2.75) is 133 Å². The Labute approximate surface area is 414 Å². The fourth-order valence-electron chi connectivity index (χ4n) is 11.0. The molecule has 0 aliphatic carbocycles. The van der Waals surface area contributed by atoms with E-state index in [1.165, 1.54) is 0 Å². The molecule has 3 saturated heterocycles. The number of ether oxygens (including phenoxy) is 5. The van der Waals surface area contributed by atoms with E-state index < -0.39 is 61.1 Å². The van der Waals surface area contributed by atoms with E-state index in [0.717, 1.165) is 0 Å². The molecule has 0 N–H and O–H groups in total. The number of phosphoric ester groups is 1. The van der Waals surface area contributed by atoms with Crippen LogP contribution < -0.4 is 14.2 Å². The van der Waals surface area contributed by atoms with Crippen LogP contribution in [0.4, 0.5) is 11.4 Å². The molecular formula is C52H59N6O12P. The summed E-state index contributed by atoms with van der Waals surface area (Å²) in [6, 6.07) is 15.4. The molecule has 0 bridgehead atoms. The Morgan fingerprint density at radius 2 is 0.986 bits per heavy atom. The number of likely N-dealkylation sites (tertiary alicyclic amines) is 3. The number of fused-ring (bicyclic) bond motifs is 3. The number of amides is 3. The Hall–Kier alpha value is -6.03. The summed E-state index contributed by atoms with van der Waals surface area (Å²) in [5.74, 6) is 1.30. The molecule has 19 heteroatoms. The summed E-state index contributed by atoms with van der Waals surface area (Å²) < 4.78 is 67.2. The number of carbonyl (C=O) groups excluding carboxylic acids is 3. The number of carbonyl (C=O) groups is 3. The third kappa shape index (κ3) is 9.72. The number of hydrogen-bond acceptors (Lipinski definition) is 13. The van der Waals surface area contributed by atoms with Crippen molar-refractivity contribution in [1.29, 1.82) is 5.26 Å². The van der Waals surface area contributed by atoms with E-state index in [1.807, 2.05) is 27.7 Å². The minimum atomic E-state index is -4.72. The van der Waals surface area contributed by atoms with Gasteiger partial charge in [-0.05, 0) is 103 Å². The van der Waals surface area contributed by atoms with Crippen molar-refractivity contribution >= 4 is 36.9 Å². The highest BCUT2D eigenvalue weighted by molar-refractivity contribution is 7.48. The molecule has 3 amide bonds. The van der Waals surface area contributed by atoms with Crippen LogP contribution in [0, 0.1) is 24.5 Å². The maximum Gasteiger partial charge on any atom is 0.475 e.